The molecule has 33 heavy (non-hydrogen) atoms. The summed E-state index contributed by atoms with van der Waals surface area (Å²) in [5.41, 5.74) is 5.27. The van der Waals surface area contributed by atoms with Crippen LogP contribution in [0.15, 0.2) is 83.7 Å². The van der Waals surface area contributed by atoms with Crippen molar-refractivity contribution in [2.24, 2.45) is 0 Å². The molecule has 1 amide bonds. The molecule has 168 valence electrons. The van der Waals surface area contributed by atoms with Gasteiger partial charge in [-0.1, -0.05) is 42.5 Å². The Hall–Kier alpha value is -4.01. The molecule has 0 saturated carbocycles. The highest BCUT2D eigenvalue weighted by atomic mass is 16.3. The molecule has 0 aliphatic rings. The fraction of sp³-hybridized carbons (Fsp3) is 0.160. The number of amides is 1. The molecule has 0 atom stereocenters. The molecule has 0 aliphatic heterocycles. The van der Waals surface area contributed by atoms with Gasteiger partial charge in [0.2, 0.25) is 0 Å². The summed E-state index contributed by atoms with van der Waals surface area (Å²) in [5, 5.41) is 18.8. The predicted molar refractivity (Wildman–Crippen MR) is 127 cm³/mol. The van der Waals surface area contributed by atoms with Gasteiger partial charge in [-0.15, -0.1) is 0 Å². The van der Waals surface area contributed by atoms with Crippen LogP contribution in [0.5, 0.6) is 0 Å². The van der Waals surface area contributed by atoms with Crippen molar-refractivity contribution in [2.75, 3.05) is 31.7 Å². The zero-order valence-corrected chi connectivity index (χ0v) is 17.9. The molecular weight excluding hydrogens is 420 g/mol. The predicted octanol–water partition coefficient (Wildman–Crippen LogP) is 2.37. The van der Waals surface area contributed by atoms with Gasteiger partial charge in [-0.25, -0.2) is 9.66 Å². The number of hydrogen-bond acceptors (Lipinski definition) is 6. The quantitative estimate of drug-likeness (QED) is 0.385. The third-order valence-electron chi connectivity index (χ3n) is 5.21. The van der Waals surface area contributed by atoms with Crippen molar-refractivity contribution in [1.82, 2.24) is 14.6 Å². The smallest absolute Gasteiger partial charge is 0.280 e. The third-order valence-corrected chi connectivity index (χ3v) is 5.21. The highest BCUT2D eigenvalue weighted by Gasteiger charge is 2.16. The number of aromatic nitrogens is 2. The number of anilines is 1. The zero-order chi connectivity index (χ0) is 23.2. The first kappa shape index (κ1) is 22.2. The number of para-hydroxylation sites is 1. The molecule has 4 aromatic rings. The average Bonchev–Trinajstić information content (AvgIpc) is 2.86. The first-order chi connectivity index (χ1) is 16.1. The molecule has 0 saturated heterocycles. The molecule has 0 unspecified atom stereocenters. The van der Waals surface area contributed by atoms with Gasteiger partial charge >= 0.3 is 0 Å². The molecule has 0 aliphatic carbocycles. The molecule has 3 aromatic carbocycles. The molecule has 8 nitrogen and oxygen atoms in total. The van der Waals surface area contributed by atoms with Gasteiger partial charge in [0, 0.05) is 24.2 Å². The molecule has 0 radical (unpaired) electrons. The number of fused-ring (bicyclic) bond motifs is 1. The number of nitrogens with one attached hydrogen (secondary N) is 1. The van der Waals surface area contributed by atoms with Crippen molar-refractivity contribution >= 4 is 22.5 Å². The average molecular weight is 444 g/mol. The maximum absolute atomic E-state index is 13.3. The number of hydrogen-bond donors (Lipinski definition) is 3. The molecule has 1 heterocycles. The van der Waals surface area contributed by atoms with Crippen LogP contribution in [-0.2, 0) is 0 Å². The second-order valence-corrected chi connectivity index (χ2v) is 7.39. The minimum atomic E-state index is -0.292. The summed E-state index contributed by atoms with van der Waals surface area (Å²) in [5.74, 6) is 0.177. The number of rotatable bonds is 8. The van der Waals surface area contributed by atoms with Crippen molar-refractivity contribution in [3.05, 3.63) is 94.8 Å². The highest BCUT2D eigenvalue weighted by Crippen LogP contribution is 2.20. The Labute approximate surface area is 190 Å². The summed E-state index contributed by atoms with van der Waals surface area (Å²) in [6.45, 7) is -0.104. The van der Waals surface area contributed by atoms with E-state index < -0.39 is 0 Å². The van der Waals surface area contributed by atoms with Gasteiger partial charge in [0.05, 0.1) is 29.8 Å². The SMILES string of the molecule is O=C(c1ccc(Nn2c(-c3ccccc3)nc3ccccc3c2=O)cc1)N(CCO)CCO. The van der Waals surface area contributed by atoms with E-state index in [4.69, 9.17) is 15.2 Å². The lowest BCUT2D eigenvalue weighted by molar-refractivity contribution is 0.0685. The van der Waals surface area contributed by atoms with Crippen molar-refractivity contribution < 1.29 is 15.0 Å². The number of aliphatic hydroxyl groups excluding tert-OH is 2. The maximum atomic E-state index is 13.3. The second-order valence-electron chi connectivity index (χ2n) is 7.39. The van der Waals surface area contributed by atoms with Crippen molar-refractivity contribution in [1.29, 1.82) is 0 Å². The summed E-state index contributed by atoms with van der Waals surface area (Å²) in [6, 6.07) is 23.2. The van der Waals surface area contributed by atoms with Gasteiger partial charge in [-0.2, -0.15) is 0 Å². The lowest BCUT2D eigenvalue weighted by Gasteiger charge is -2.21. The number of benzene rings is 3. The molecule has 0 spiro atoms. The zero-order valence-electron chi connectivity index (χ0n) is 17.9. The van der Waals surface area contributed by atoms with Crippen molar-refractivity contribution in [3.63, 3.8) is 0 Å². The van der Waals surface area contributed by atoms with Crippen molar-refractivity contribution in [3.8, 4) is 11.4 Å². The Morgan fingerprint density at radius 2 is 1.52 bits per heavy atom. The first-order valence-electron chi connectivity index (χ1n) is 10.6. The maximum Gasteiger partial charge on any atom is 0.280 e. The van der Waals surface area contributed by atoms with Gasteiger partial charge in [0.25, 0.3) is 11.5 Å². The summed E-state index contributed by atoms with van der Waals surface area (Å²) in [4.78, 5) is 32.0. The summed E-state index contributed by atoms with van der Waals surface area (Å²) in [7, 11) is 0. The third kappa shape index (κ3) is 4.77. The monoisotopic (exact) mass is 444 g/mol. The standard InChI is InChI=1S/C25H24N4O4/c30-16-14-28(15-17-31)24(32)19-10-12-20(13-11-19)27-29-23(18-6-2-1-3-7-18)26-22-9-5-4-8-21(22)25(29)33/h1-13,27,30-31H,14-17H2. The number of carbonyl (C=O) groups is 1. The van der Waals surface area contributed by atoms with Crippen molar-refractivity contribution in [2.45, 2.75) is 0 Å². The lowest BCUT2D eigenvalue weighted by Crippen LogP contribution is -2.35. The fourth-order valence-corrected chi connectivity index (χ4v) is 3.57. The largest absolute Gasteiger partial charge is 0.395 e. The fourth-order valence-electron chi connectivity index (χ4n) is 3.57. The number of carbonyl (C=O) groups excluding carboxylic acids is 1. The van der Waals surface area contributed by atoms with Gasteiger partial charge in [-0.3, -0.25) is 15.0 Å². The van der Waals surface area contributed by atoms with Crippen LogP contribution in [0.2, 0.25) is 0 Å². The molecular formula is C25H24N4O4. The summed E-state index contributed by atoms with van der Waals surface area (Å²) >= 11 is 0. The van der Waals surface area contributed by atoms with Crippen LogP contribution in [0.4, 0.5) is 5.69 Å². The van der Waals surface area contributed by atoms with E-state index in [2.05, 4.69) is 5.43 Å². The highest BCUT2D eigenvalue weighted by molar-refractivity contribution is 5.94. The van der Waals surface area contributed by atoms with E-state index in [1.54, 1.807) is 42.5 Å². The topological polar surface area (TPSA) is 108 Å². The van der Waals surface area contributed by atoms with Crippen LogP contribution in [-0.4, -0.2) is 57.0 Å². The summed E-state index contributed by atoms with van der Waals surface area (Å²) < 4.78 is 1.40. The van der Waals surface area contributed by atoms with Crippen LogP contribution in [0, 0.1) is 0 Å². The number of aliphatic hydroxyl groups is 2. The van der Waals surface area contributed by atoms with E-state index in [1.165, 1.54) is 9.58 Å². The van der Waals surface area contributed by atoms with Crippen LogP contribution >= 0.6 is 0 Å². The molecule has 1 aromatic heterocycles. The molecule has 0 bridgehead atoms. The van der Waals surface area contributed by atoms with E-state index in [1.807, 2.05) is 36.4 Å². The van der Waals surface area contributed by atoms with E-state index in [0.29, 0.717) is 28.0 Å². The van der Waals surface area contributed by atoms with E-state index in [-0.39, 0.29) is 37.8 Å². The van der Waals surface area contributed by atoms with Crippen LogP contribution in [0.3, 0.4) is 0 Å². The molecule has 8 heteroatoms. The van der Waals surface area contributed by atoms with E-state index in [0.717, 1.165) is 5.56 Å². The molecule has 4 rings (SSSR count). The Morgan fingerprint density at radius 3 is 2.18 bits per heavy atom. The van der Waals surface area contributed by atoms with Gasteiger partial charge < -0.3 is 15.1 Å². The minimum absolute atomic E-state index is 0.137. The van der Waals surface area contributed by atoms with Crippen LogP contribution < -0.4 is 11.0 Å². The minimum Gasteiger partial charge on any atom is -0.395 e. The Balaban J connectivity index is 1.70. The van der Waals surface area contributed by atoms with E-state index in [9.17, 15) is 9.59 Å². The Bertz CT molecular complexity index is 1300. The Kier molecular flexibility index (Phi) is 6.77. The molecule has 3 N–H and O–H groups in total. The van der Waals surface area contributed by atoms with E-state index >= 15 is 0 Å². The lowest BCUT2D eigenvalue weighted by atomic mass is 10.1. The summed E-state index contributed by atoms with van der Waals surface area (Å²) in [6.07, 6.45) is 0. The first-order valence-corrected chi connectivity index (χ1v) is 10.6. The van der Waals surface area contributed by atoms with Gasteiger partial charge in [-0.05, 0) is 36.4 Å². The van der Waals surface area contributed by atoms with Crippen LogP contribution in [0.25, 0.3) is 22.3 Å². The molecule has 0 fully saturated rings. The normalized spacial score (nSPS) is 10.8. The van der Waals surface area contributed by atoms with Crippen LogP contribution in [0.1, 0.15) is 10.4 Å². The van der Waals surface area contributed by atoms with Gasteiger partial charge in [0.1, 0.15) is 0 Å². The second kappa shape index (κ2) is 10.1. The Morgan fingerprint density at radius 1 is 0.879 bits per heavy atom. The van der Waals surface area contributed by atoms with Gasteiger partial charge in [0.15, 0.2) is 5.82 Å². The number of nitrogens with zero attached hydrogens (tertiary/aromatic N) is 3.